The van der Waals surface area contributed by atoms with Crippen LogP contribution in [0.1, 0.15) is 32.6 Å². The fourth-order valence-corrected chi connectivity index (χ4v) is 3.74. The molecule has 1 aromatic rings. The second-order valence-corrected chi connectivity index (χ2v) is 8.31. The Bertz CT molecular complexity index is 719. The van der Waals surface area contributed by atoms with Crippen molar-refractivity contribution in [1.29, 1.82) is 0 Å². The van der Waals surface area contributed by atoms with E-state index in [0.717, 1.165) is 25.7 Å². The Morgan fingerprint density at radius 3 is 2.54 bits per heavy atom. The Hall–Kier alpha value is -1.79. The summed E-state index contributed by atoms with van der Waals surface area (Å²) >= 11 is 5.82. The standard InChI is InChI=1S/C19H23ClN2O4/c1-18(6-7-18)26-11-16(23)21-15-9-19(8-14(15)19)22-17(24)10-25-13-4-2-12(20)3-5-13/h2-5,14-15H,6-11H2,1H3,(H,21,23)(H,22,24)/t14?,15-,19?/m1/s1. The van der Waals surface area contributed by atoms with E-state index in [4.69, 9.17) is 21.1 Å². The predicted molar refractivity (Wildman–Crippen MR) is 96.1 cm³/mol. The molecule has 0 bridgehead atoms. The van der Waals surface area contributed by atoms with Crippen molar-refractivity contribution in [3.63, 3.8) is 0 Å². The van der Waals surface area contributed by atoms with Gasteiger partial charge in [-0.3, -0.25) is 9.59 Å². The molecule has 3 fully saturated rings. The average molecular weight is 379 g/mol. The molecule has 0 aliphatic heterocycles. The van der Waals surface area contributed by atoms with Crippen molar-refractivity contribution in [1.82, 2.24) is 10.6 Å². The highest BCUT2D eigenvalue weighted by molar-refractivity contribution is 6.30. The summed E-state index contributed by atoms with van der Waals surface area (Å²) in [6, 6.07) is 7.03. The molecule has 26 heavy (non-hydrogen) atoms. The SMILES string of the molecule is CC1(OCC(=O)N[C@@H]2CC3(NC(=O)COc4ccc(Cl)cc4)CC23)CC1. The molecule has 0 spiro atoms. The van der Waals surface area contributed by atoms with Crippen LogP contribution in [0, 0.1) is 5.92 Å². The molecule has 0 saturated heterocycles. The van der Waals surface area contributed by atoms with Crippen molar-refractivity contribution in [2.75, 3.05) is 13.2 Å². The van der Waals surface area contributed by atoms with E-state index in [9.17, 15) is 9.59 Å². The number of hydrogen-bond acceptors (Lipinski definition) is 4. The van der Waals surface area contributed by atoms with Crippen LogP contribution in [-0.2, 0) is 14.3 Å². The number of nitrogens with one attached hydrogen (secondary N) is 2. The number of hydrogen-bond donors (Lipinski definition) is 2. The number of rotatable bonds is 8. The van der Waals surface area contributed by atoms with E-state index in [1.54, 1.807) is 24.3 Å². The van der Waals surface area contributed by atoms with Crippen molar-refractivity contribution in [3.8, 4) is 5.75 Å². The molecule has 140 valence electrons. The largest absolute Gasteiger partial charge is 0.484 e. The molecule has 3 atom stereocenters. The van der Waals surface area contributed by atoms with Gasteiger partial charge in [0.1, 0.15) is 12.4 Å². The molecule has 3 aliphatic carbocycles. The minimum atomic E-state index is -0.151. The Morgan fingerprint density at radius 1 is 1.15 bits per heavy atom. The fraction of sp³-hybridized carbons (Fsp3) is 0.579. The van der Waals surface area contributed by atoms with Gasteiger partial charge in [0, 0.05) is 22.5 Å². The van der Waals surface area contributed by atoms with Gasteiger partial charge in [-0.25, -0.2) is 0 Å². The van der Waals surface area contributed by atoms with Crippen LogP contribution < -0.4 is 15.4 Å². The number of amides is 2. The van der Waals surface area contributed by atoms with Gasteiger partial charge in [0.2, 0.25) is 5.91 Å². The first-order chi connectivity index (χ1) is 12.4. The molecule has 3 saturated carbocycles. The second-order valence-electron chi connectivity index (χ2n) is 7.87. The quantitative estimate of drug-likeness (QED) is 0.726. The van der Waals surface area contributed by atoms with Crippen LogP contribution in [0.2, 0.25) is 5.02 Å². The second kappa shape index (κ2) is 6.43. The Balaban J connectivity index is 1.15. The van der Waals surface area contributed by atoms with Crippen molar-refractivity contribution in [2.45, 2.75) is 49.8 Å². The third kappa shape index (κ3) is 3.81. The number of halogens is 1. The van der Waals surface area contributed by atoms with Gasteiger partial charge in [-0.05, 0) is 56.9 Å². The minimum Gasteiger partial charge on any atom is -0.484 e. The maximum atomic E-state index is 12.1. The Labute approximate surface area is 157 Å². The first kappa shape index (κ1) is 17.6. The normalized spacial score (nSPS) is 29.8. The fourth-order valence-electron chi connectivity index (χ4n) is 3.62. The third-order valence-corrected chi connectivity index (χ3v) is 5.88. The maximum Gasteiger partial charge on any atom is 0.258 e. The molecule has 4 rings (SSSR count). The summed E-state index contributed by atoms with van der Waals surface area (Å²) in [6.07, 6.45) is 3.73. The van der Waals surface area contributed by atoms with E-state index in [2.05, 4.69) is 10.6 Å². The van der Waals surface area contributed by atoms with Crippen LogP contribution in [0.4, 0.5) is 0 Å². The molecular weight excluding hydrogens is 356 g/mol. The van der Waals surface area contributed by atoms with Gasteiger partial charge in [-0.15, -0.1) is 0 Å². The van der Waals surface area contributed by atoms with Crippen molar-refractivity contribution in [2.24, 2.45) is 5.92 Å². The maximum absolute atomic E-state index is 12.1. The van der Waals surface area contributed by atoms with Gasteiger partial charge in [0.15, 0.2) is 6.61 Å². The molecule has 1 aromatic carbocycles. The van der Waals surface area contributed by atoms with Gasteiger partial charge in [0.25, 0.3) is 5.91 Å². The lowest BCUT2D eigenvalue weighted by Crippen LogP contribution is -2.57. The zero-order valence-corrected chi connectivity index (χ0v) is 15.5. The van der Waals surface area contributed by atoms with E-state index in [-0.39, 0.29) is 42.2 Å². The first-order valence-corrected chi connectivity index (χ1v) is 9.38. The highest BCUT2D eigenvalue weighted by atomic mass is 35.5. The Kier molecular flexibility index (Phi) is 4.35. The number of benzene rings is 1. The predicted octanol–water partition coefficient (Wildman–Crippen LogP) is 2.05. The van der Waals surface area contributed by atoms with Crippen LogP contribution in [-0.4, -0.2) is 42.2 Å². The van der Waals surface area contributed by atoms with Crippen LogP contribution >= 0.6 is 11.6 Å². The molecule has 2 amide bonds. The summed E-state index contributed by atoms with van der Waals surface area (Å²) in [5.74, 6) is 0.721. The summed E-state index contributed by atoms with van der Waals surface area (Å²) in [5.41, 5.74) is -0.236. The molecule has 2 unspecified atom stereocenters. The topological polar surface area (TPSA) is 76.7 Å². The average Bonchev–Trinajstić information content (AvgIpc) is 3.48. The van der Waals surface area contributed by atoms with E-state index in [0.29, 0.717) is 16.7 Å². The van der Waals surface area contributed by atoms with Gasteiger partial charge in [0.05, 0.1) is 5.60 Å². The van der Waals surface area contributed by atoms with E-state index >= 15 is 0 Å². The smallest absolute Gasteiger partial charge is 0.258 e. The number of fused-ring (bicyclic) bond motifs is 1. The molecule has 2 N–H and O–H groups in total. The van der Waals surface area contributed by atoms with Gasteiger partial charge >= 0.3 is 0 Å². The third-order valence-electron chi connectivity index (χ3n) is 5.63. The zero-order chi connectivity index (χ0) is 18.4. The Morgan fingerprint density at radius 2 is 1.88 bits per heavy atom. The summed E-state index contributed by atoms with van der Waals surface area (Å²) in [7, 11) is 0. The lowest BCUT2D eigenvalue weighted by molar-refractivity contribution is -0.129. The van der Waals surface area contributed by atoms with Crippen molar-refractivity contribution < 1.29 is 19.1 Å². The van der Waals surface area contributed by atoms with Crippen molar-refractivity contribution in [3.05, 3.63) is 29.3 Å². The van der Waals surface area contributed by atoms with Gasteiger partial charge in [-0.1, -0.05) is 11.6 Å². The van der Waals surface area contributed by atoms with E-state index in [1.165, 1.54) is 0 Å². The monoisotopic (exact) mass is 378 g/mol. The van der Waals surface area contributed by atoms with Crippen molar-refractivity contribution >= 4 is 23.4 Å². The highest BCUT2D eigenvalue weighted by Gasteiger charge is 2.68. The zero-order valence-electron chi connectivity index (χ0n) is 14.7. The van der Waals surface area contributed by atoms with Gasteiger partial charge in [-0.2, -0.15) is 0 Å². The van der Waals surface area contributed by atoms with E-state index < -0.39 is 0 Å². The number of carbonyl (C=O) groups is 2. The van der Waals surface area contributed by atoms with Crippen LogP contribution in [0.5, 0.6) is 5.75 Å². The molecular formula is C19H23ClN2O4. The molecule has 0 heterocycles. The highest BCUT2D eigenvalue weighted by Crippen LogP contribution is 2.59. The minimum absolute atomic E-state index is 0.0282. The lowest BCUT2D eigenvalue weighted by atomic mass is 9.86. The number of carbonyl (C=O) groups excluding carboxylic acids is 2. The van der Waals surface area contributed by atoms with Gasteiger partial charge < -0.3 is 20.1 Å². The first-order valence-electron chi connectivity index (χ1n) is 9.00. The lowest BCUT2D eigenvalue weighted by Gasteiger charge is -2.35. The summed E-state index contributed by atoms with van der Waals surface area (Å²) in [5, 5.41) is 6.68. The molecule has 7 heteroatoms. The molecule has 0 radical (unpaired) electrons. The molecule has 0 aromatic heterocycles. The summed E-state index contributed by atoms with van der Waals surface area (Å²) < 4.78 is 11.0. The van der Waals surface area contributed by atoms with Crippen LogP contribution in [0.15, 0.2) is 24.3 Å². The van der Waals surface area contributed by atoms with Crippen LogP contribution in [0.25, 0.3) is 0 Å². The number of ether oxygens (including phenoxy) is 2. The van der Waals surface area contributed by atoms with E-state index in [1.807, 2.05) is 6.92 Å². The molecule has 6 nitrogen and oxygen atoms in total. The van der Waals surface area contributed by atoms with Crippen LogP contribution in [0.3, 0.4) is 0 Å². The summed E-state index contributed by atoms with van der Waals surface area (Å²) in [6.45, 7) is 2.12. The summed E-state index contributed by atoms with van der Waals surface area (Å²) in [4.78, 5) is 24.0. The molecule has 3 aliphatic rings.